The predicted octanol–water partition coefficient (Wildman–Crippen LogP) is 3.58. The zero-order valence-electron chi connectivity index (χ0n) is 9.57. The first kappa shape index (κ1) is 15.1. The molecule has 2 rings (SSSR count). The largest absolute Gasteiger partial charge is 0.275 e. The summed E-state index contributed by atoms with van der Waals surface area (Å²) in [7, 11) is -4.10. The van der Waals surface area contributed by atoms with Gasteiger partial charge in [-0.15, -0.1) is 0 Å². The maximum absolute atomic E-state index is 13.3. The fourth-order valence-electron chi connectivity index (χ4n) is 1.38. The highest BCUT2D eigenvalue weighted by Crippen LogP contribution is 2.27. The van der Waals surface area contributed by atoms with Crippen LogP contribution < -0.4 is 4.72 Å². The van der Waals surface area contributed by atoms with E-state index in [9.17, 15) is 17.2 Å². The minimum atomic E-state index is -4.10. The Kier molecular flexibility index (Phi) is 4.26. The van der Waals surface area contributed by atoms with Gasteiger partial charge in [-0.1, -0.05) is 27.5 Å². The number of aromatic nitrogens is 1. The monoisotopic (exact) mass is 382 g/mol. The lowest BCUT2D eigenvalue weighted by molar-refractivity contribution is 0.515. The van der Waals surface area contributed by atoms with Crippen molar-refractivity contribution in [2.24, 2.45) is 0 Å². The molecular weight excluding hydrogens is 378 g/mol. The molecule has 0 saturated heterocycles. The van der Waals surface area contributed by atoms with E-state index in [1.165, 1.54) is 18.2 Å². The Bertz CT molecular complexity index is 771. The lowest BCUT2D eigenvalue weighted by atomic mass is 10.4. The number of halogens is 4. The second kappa shape index (κ2) is 5.63. The fraction of sp³-hybridized carbons (Fsp3) is 0. The molecule has 4 nitrogen and oxygen atoms in total. The van der Waals surface area contributed by atoms with Crippen LogP contribution in [0.25, 0.3) is 0 Å². The Morgan fingerprint density at radius 2 is 1.90 bits per heavy atom. The van der Waals surface area contributed by atoms with Crippen LogP contribution in [-0.4, -0.2) is 13.4 Å². The molecule has 20 heavy (non-hydrogen) atoms. The molecule has 0 atom stereocenters. The number of pyridine rings is 1. The molecule has 0 radical (unpaired) electrons. The van der Waals surface area contributed by atoms with E-state index in [4.69, 9.17) is 11.6 Å². The van der Waals surface area contributed by atoms with Gasteiger partial charge in [0.1, 0.15) is 10.6 Å². The van der Waals surface area contributed by atoms with Crippen molar-refractivity contribution in [3.63, 3.8) is 0 Å². The number of nitrogens with one attached hydrogen (secondary N) is 1. The molecule has 0 aliphatic rings. The van der Waals surface area contributed by atoms with E-state index in [-0.39, 0.29) is 9.92 Å². The highest BCUT2D eigenvalue weighted by molar-refractivity contribution is 9.10. The van der Waals surface area contributed by atoms with E-state index in [1.807, 2.05) is 4.72 Å². The van der Waals surface area contributed by atoms with E-state index < -0.39 is 27.6 Å². The third kappa shape index (κ3) is 3.25. The molecule has 1 N–H and O–H groups in total. The summed E-state index contributed by atoms with van der Waals surface area (Å²) in [6.07, 6.45) is 0. The van der Waals surface area contributed by atoms with Gasteiger partial charge in [0.15, 0.2) is 0 Å². The van der Waals surface area contributed by atoms with Crippen molar-refractivity contribution in [2.45, 2.75) is 4.90 Å². The Morgan fingerprint density at radius 3 is 2.50 bits per heavy atom. The van der Waals surface area contributed by atoms with Crippen LogP contribution in [0, 0.1) is 11.9 Å². The summed E-state index contributed by atoms with van der Waals surface area (Å²) >= 11 is 8.96. The molecule has 1 aromatic carbocycles. The first-order valence-electron chi connectivity index (χ1n) is 5.09. The van der Waals surface area contributed by atoms with E-state index in [0.29, 0.717) is 4.47 Å². The van der Waals surface area contributed by atoms with Crippen molar-refractivity contribution in [3.05, 3.63) is 51.7 Å². The lowest BCUT2D eigenvalue weighted by Crippen LogP contribution is -2.15. The SMILES string of the molecule is O=S(=O)(Nc1ccc(F)nc1F)c1ccc(Br)cc1Cl. The second-order valence-corrected chi connectivity index (χ2v) is 6.63. The molecule has 1 aromatic heterocycles. The van der Waals surface area contributed by atoms with Crippen LogP contribution in [0.2, 0.25) is 5.02 Å². The number of benzene rings is 1. The molecular formula is C11H6BrClF2N2O2S. The van der Waals surface area contributed by atoms with Crippen LogP contribution in [0.1, 0.15) is 0 Å². The Morgan fingerprint density at radius 1 is 1.20 bits per heavy atom. The molecule has 0 unspecified atom stereocenters. The number of sulfonamides is 1. The maximum Gasteiger partial charge on any atom is 0.263 e. The molecule has 0 amide bonds. The van der Waals surface area contributed by atoms with Crippen LogP contribution in [0.5, 0.6) is 0 Å². The highest BCUT2D eigenvalue weighted by Gasteiger charge is 2.20. The van der Waals surface area contributed by atoms with Crippen molar-refractivity contribution in [1.82, 2.24) is 4.98 Å². The van der Waals surface area contributed by atoms with Gasteiger partial charge in [-0.25, -0.2) is 8.42 Å². The molecule has 0 fully saturated rings. The van der Waals surface area contributed by atoms with Gasteiger partial charge in [0.25, 0.3) is 10.0 Å². The summed E-state index contributed by atoms with van der Waals surface area (Å²) in [4.78, 5) is 2.66. The van der Waals surface area contributed by atoms with E-state index in [0.717, 1.165) is 12.1 Å². The van der Waals surface area contributed by atoms with Crippen LogP contribution in [-0.2, 0) is 10.0 Å². The van der Waals surface area contributed by atoms with Gasteiger partial charge in [-0.05, 0) is 30.3 Å². The van der Waals surface area contributed by atoms with Crippen molar-refractivity contribution in [1.29, 1.82) is 0 Å². The van der Waals surface area contributed by atoms with Gasteiger partial charge in [0.2, 0.25) is 11.9 Å². The zero-order chi connectivity index (χ0) is 14.9. The van der Waals surface area contributed by atoms with Gasteiger partial charge in [0, 0.05) is 4.47 Å². The van der Waals surface area contributed by atoms with E-state index in [2.05, 4.69) is 20.9 Å². The highest BCUT2D eigenvalue weighted by atomic mass is 79.9. The summed E-state index contributed by atoms with van der Waals surface area (Å²) in [5.41, 5.74) is -0.467. The third-order valence-electron chi connectivity index (χ3n) is 2.24. The van der Waals surface area contributed by atoms with Crippen molar-refractivity contribution >= 4 is 43.2 Å². The molecule has 0 bridgehead atoms. The fourth-order valence-corrected chi connectivity index (χ4v) is 3.47. The lowest BCUT2D eigenvalue weighted by Gasteiger charge is -2.10. The van der Waals surface area contributed by atoms with Crippen LogP contribution in [0.3, 0.4) is 0 Å². The van der Waals surface area contributed by atoms with Gasteiger partial charge < -0.3 is 0 Å². The number of anilines is 1. The van der Waals surface area contributed by atoms with Gasteiger partial charge >= 0.3 is 0 Å². The summed E-state index contributed by atoms with van der Waals surface area (Å²) in [6.45, 7) is 0. The van der Waals surface area contributed by atoms with Crippen LogP contribution in [0.15, 0.2) is 39.7 Å². The average molecular weight is 384 g/mol. The molecule has 2 aromatic rings. The quantitative estimate of drug-likeness (QED) is 0.824. The summed E-state index contributed by atoms with van der Waals surface area (Å²) < 4.78 is 52.7. The van der Waals surface area contributed by atoms with Crippen molar-refractivity contribution in [2.75, 3.05) is 4.72 Å². The third-order valence-corrected chi connectivity index (χ3v) is 4.58. The maximum atomic E-state index is 13.3. The normalized spacial score (nSPS) is 11.4. The van der Waals surface area contributed by atoms with E-state index in [1.54, 1.807) is 0 Å². The van der Waals surface area contributed by atoms with Crippen molar-refractivity contribution in [3.8, 4) is 0 Å². The predicted molar refractivity (Wildman–Crippen MR) is 74.1 cm³/mol. The van der Waals surface area contributed by atoms with E-state index >= 15 is 0 Å². The average Bonchev–Trinajstić information content (AvgIpc) is 2.32. The molecule has 1 heterocycles. The van der Waals surface area contributed by atoms with Crippen LogP contribution in [0.4, 0.5) is 14.5 Å². The Balaban J connectivity index is 2.41. The zero-order valence-corrected chi connectivity index (χ0v) is 12.7. The molecule has 106 valence electrons. The topological polar surface area (TPSA) is 59.1 Å². The minimum Gasteiger partial charge on any atom is -0.275 e. The number of hydrogen-bond acceptors (Lipinski definition) is 3. The Labute approximate surface area is 127 Å². The standard InChI is InChI=1S/C11H6BrClF2N2O2S/c12-6-1-3-9(7(13)5-6)20(18,19)17-8-2-4-10(14)16-11(8)15/h1-5,17H. The number of hydrogen-bond donors (Lipinski definition) is 1. The Hall–Kier alpha value is -1.25. The number of nitrogens with zero attached hydrogens (tertiary/aromatic N) is 1. The summed E-state index contributed by atoms with van der Waals surface area (Å²) in [5.74, 6) is -2.31. The minimum absolute atomic E-state index is 0.0395. The van der Waals surface area contributed by atoms with Gasteiger partial charge in [0.05, 0.1) is 5.02 Å². The summed E-state index contributed by atoms with van der Waals surface area (Å²) in [5, 5.41) is -0.0395. The smallest absolute Gasteiger partial charge is 0.263 e. The van der Waals surface area contributed by atoms with Crippen molar-refractivity contribution < 1.29 is 17.2 Å². The first-order chi connectivity index (χ1) is 9.29. The molecule has 0 saturated carbocycles. The molecule has 0 aliphatic carbocycles. The molecule has 0 spiro atoms. The van der Waals surface area contributed by atoms with Gasteiger partial charge in [-0.3, -0.25) is 4.72 Å². The first-order valence-corrected chi connectivity index (χ1v) is 7.75. The van der Waals surface area contributed by atoms with Gasteiger partial charge in [-0.2, -0.15) is 13.8 Å². The summed E-state index contributed by atoms with van der Waals surface area (Å²) in [6, 6.07) is 5.88. The molecule has 0 aliphatic heterocycles. The molecule has 9 heteroatoms. The number of rotatable bonds is 3. The second-order valence-electron chi connectivity index (χ2n) is 3.65. The van der Waals surface area contributed by atoms with Crippen LogP contribution >= 0.6 is 27.5 Å².